The maximum Gasteiger partial charge on any atom is 0.129 e. The van der Waals surface area contributed by atoms with E-state index in [-0.39, 0.29) is 0 Å². The molecule has 1 aliphatic rings. The van der Waals surface area contributed by atoms with Crippen LogP contribution in [0, 0.1) is 11.6 Å². The van der Waals surface area contributed by atoms with Crippen LogP contribution in [-0.4, -0.2) is 6.61 Å². The number of ether oxygens (including phenoxy) is 1. The second-order valence-electron chi connectivity index (χ2n) is 5.13. The standard InChI is InChI=1S/C16H14BrF2NO/c17-11-5-10-3-4-21-16(10)13(7-11)15(20)6-9-1-2-12(18)8-14(9)19/h1-2,5,7-8,15H,3-4,6,20H2. The normalized spacial score (nSPS) is 14.7. The molecule has 5 heteroatoms. The van der Waals surface area contributed by atoms with Crippen molar-refractivity contribution < 1.29 is 13.5 Å². The zero-order valence-corrected chi connectivity index (χ0v) is 12.8. The molecule has 0 fully saturated rings. The SMILES string of the molecule is NC(Cc1ccc(F)cc1F)c1cc(Br)cc2c1OCC2. The minimum atomic E-state index is -0.587. The molecular weight excluding hydrogens is 340 g/mol. The fraction of sp³-hybridized carbons (Fsp3) is 0.250. The Kier molecular flexibility index (Phi) is 3.95. The van der Waals surface area contributed by atoms with E-state index in [1.807, 2.05) is 12.1 Å². The minimum Gasteiger partial charge on any atom is -0.493 e. The fourth-order valence-corrected chi connectivity index (χ4v) is 3.13. The van der Waals surface area contributed by atoms with E-state index in [0.717, 1.165) is 33.8 Å². The van der Waals surface area contributed by atoms with Crippen LogP contribution in [0.4, 0.5) is 8.78 Å². The summed E-state index contributed by atoms with van der Waals surface area (Å²) in [5, 5.41) is 0. The van der Waals surface area contributed by atoms with Gasteiger partial charge in [0, 0.05) is 28.6 Å². The molecule has 1 heterocycles. The molecule has 2 nitrogen and oxygen atoms in total. The number of hydrogen-bond acceptors (Lipinski definition) is 2. The summed E-state index contributed by atoms with van der Waals surface area (Å²) in [6.45, 7) is 0.635. The van der Waals surface area contributed by atoms with Crippen LogP contribution >= 0.6 is 15.9 Å². The number of benzene rings is 2. The quantitative estimate of drug-likeness (QED) is 0.907. The molecule has 0 aromatic heterocycles. The third kappa shape index (κ3) is 2.94. The van der Waals surface area contributed by atoms with Gasteiger partial charge in [0.15, 0.2) is 0 Å². The van der Waals surface area contributed by atoms with Crippen LogP contribution in [0.3, 0.4) is 0 Å². The van der Waals surface area contributed by atoms with E-state index in [0.29, 0.717) is 18.6 Å². The molecule has 0 amide bonds. The average Bonchev–Trinajstić information content (AvgIpc) is 2.88. The van der Waals surface area contributed by atoms with Gasteiger partial charge in [-0.25, -0.2) is 8.78 Å². The first-order valence-corrected chi connectivity index (χ1v) is 7.48. The number of rotatable bonds is 3. The van der Waals surface area contributed by atoms with Gasteiger partial charge >= 0.3 is 0 Å². The van der Waals surface area contributed by atoms with Gasteiger partial charge in [-0.3, -0.25) is 0 Å². The van der Waals surface area contributed by atoms with Crippen LogP contribution < -0.4 is 10.5 Å². The summed E-state index contributed by atoms with van der Waals surface area (Å²) >= 11 is 3.46. The molecule has 0 bridgehead atoms. The summed E-state index contributed by atoms with van der Waals surface area (Å²) in [5.41, 5.74) is 8.57. The van der Waals surface area contributed by atoms with Crippen molar-refractivity contribution in [3.05, 3.63) is 63.1 Å². The first-order valence-electron chi connectivity index (χ1n) is 6.69. The Balaban J connectivity index is 1.91. The summed E-state index contributed by atoms with van der Waals surface area (Å²) < 4.78 is 33.3. The van der Waals surface area contributed by atoms with E-state index < -0.39 is 17.7 Å². The Morgan fingerprint density at radius 3 is 2.81 bits per heavy atom. The summed E-state index contributed by atoms with van der Waals surface area (Å²) in [4.78, 5) is 0. The van der Waals surface area contributed by atoms with Crippen molar-refractivity contribution in [2.24, 2.45) is 5.73 Å². The highest BCUT2D eigenvalue weighted by molar-refractivity contribution is 9.10. The van der Waals surface area contributed by atoms with Crippen molar-refractivity contribution in [3.8, 4) is 5.75 Å². The first-order chi connectivity index (χ1) is 10.0. The Bertz CT molecular complexity index is 690. The summed E-state index contributed by atoms with van der Waals surface area (Å²) in [6.07, 6.45) is 1.14. The molecule has 2 aromatic rings. The van der Waals surface area contributed by atoms with Gasteiger partial charge in [0.25, 0.3) is 0 Å². The highest BCUT2D eigenvalue weighted by atomic mass is 79.9. The lowest BCUT2D eigenvalue weighted by molar-refractivity contribution is 0.351. The van der Waals surface area contributed by atoms with Crippen molar-refractivity contribution in [1.82, 2.24) is 0 Å². The molecule has 2 N–H and O–H groups in total. The molecule has 21 heavy (non-hydrogen) atoms. The smallest absolute Gasteiger partial charge is 0.129 e. The lowest BCUT2D eigenvalue weighted by Gasteiger charge is -2.16. The van der Waals surface area contributed by atoms with Gasteiger partial charge in [0.1, 0.15) is 17.4 Å². The summed E-state index contributed by atoms with van der Waals surface area (Å²) in [5.74, 6) is -0.359. The number of halogens is 3. The molecule has 1 aliphatic heterocycles. The molecule has 1 atom stereocenters. The van der Waals surface area contributed by atoms with E-state index in [1.54, 1.807) is 0 Å². The van der Waals surface area contributed by atoms with E-state index in [1.165, 1.54) is 12.1 Å². The third-order valence-electron chi connectivity index (χ3n) is 3.63. The molecular formula is C16H14BrF2NO. The predicted molar refractivity (Wildman–Crippen MR) is 80.3 cm³/mol. The summed E-state index contributed by atoms with van der Waals surface area (Å²) in [6, 6.07) is 7.06. The topological polar surface area (TPSA) is 35.2 Å². The van der Waals surface area contributed by atoms with Gasteiger partial charge in [0.2, 0.25) is 0 Å². The molecule has 0 aliphatic carbocycles. The molecule has 2 aromatic carbocycles. The second kappa shape index (κ2) is 5.73. The van der Waals surface area contributed by atoms with Crippen molar-refractivity contribution in [3.63, 3.8) is 0 Å². The van der Waals surface area contributed by atoms with Crippen LogP contribution in [0.25, 0.3) is 0 Å². The van der Waals surface area contributed by atoms with Crippen molar-refractivity contribution >= 4 is 15.9 Å². The second-order valence-corrected chi connectivity index (χ2v) is 6.04. The highest BCUT2D eigenvalue weighted by Gasteiger charge is 2.22. The van der Waals surface area contributed by atoms with Gasteiger partial charge in [-0.05, 0) is 35.7 Å². The monoisotopic (exact) mass is 353 g/mol. The van der Waals surface area contributed by atoms with Crippen LogP contribution in [-0.2, 0) is 12.8 Å². The van der Waals surface area contributed by atoms with Gasteiger partial charge in [-0.15, -0.1) is 0 Å². The Morgan fingerprint density at radius 1 is 1.24 bits per heavy atom. The van der Waals surface area contributed by atoms with Gasteiger partial charge in [0.05, 0.1) is 6.61 Å². The Labute approximate surface area is 130 Å². The van der Waals surface area contributed by atoms with Crippen LogP contribution in [0.1, 0.15) is 22.7 Å². The lowest BCUT2D eigenvalue weighted by Crippen LogP contribution is -2.15. The molecule has 110 valence electrons. The highest BCUT2D eigenvalue weighted by Crippen LogP contribution is 2.36. The van der Waals surface area contributed by atoms with Crippen LogP contribution in [0.2, 0.25) is 0 Å². The van der Waals surface area contributed by atoms with E-state index in [2.05, 4.69) is 15.9 Å². The number of hydrogen-bond donors (Lipinski definition) is 1. The Morgan fingerprint density at radius 2 is 2.05 bits per heavy atom. The van der Waals surface area contributed by atoms with Gasteiger partial charge in [-0.1, -0.05) is 22.0 Å². The lowest BCUT2D eigenvalue weighted by atomic mass is 9.96. The van der Waals surface area contributed by atoms with E-state index in [4.69, 9.17) is 10.5 Å². The summed E-state index contributed by atoms with van der Waals surface area (Å²) in [7, 11) is 0. The molecule has 0 spiro atoms. The number of fused-ring (bicyclic) bond motifs is 1. The third-order valence-corrected chi connectivity index (χ3v) is 4.09. The predicted octanol–water partition coefficient (Wildman–Crippen LogP) is 3.90. The van der Waals surface area contributed by atoms with E-state index >= 15 is 0 Å². The molecule has 1 unspecified atom stereocenters. The van der Waals surface area contributed by atoms with E-state index in [9.17, 15) is 8.78 Å². The first kappa shape index (κ1) is 14.5. The zero-order chi connectivity index (χ0) is 15.0. The van der Waals surface area contributed by atoms with Gasteiger partial charge < -0.3 is 10.5 Å². The largest absolute Gasteiger partial charge is 0.493 e. The molecule has 3 rings (SSSR count). The maximum absolute atomic E-state index is 13.7. The number of nitrogens with two attached hydrogens (primary N) is 1. The van der Waals surface area contributed by atoms with Crippen molar-refractivity contribution in [1.29, 1.82) is 0 Å². The molecule has 0 saturated carbocycles. The minimum absolute atomic E-state index is 0.290. The van der Waals surface area contributed by atoms with Crippen LogP contribution in [0.15, 0.2) is 34.8 Å². The molecule has 0 radical (unpaired) electrons. The maximum atomic E-state index is 13.7. The van der Waals surface area contributed by atoms with Crippen LogP contribution in [0.5, 0.6) is 5.75 Å². The zero-order valence-electron chi connectivity index (χ0n) is 11.2. The van der Waals surface area contributed by atoms with Gasteiger partial charge in [-0.2, -0.15) is 0 Å². The fourth-order valence-electron chi connectivity index (χ4n) is 2.61. The van der Waals surface area contributed by atoms with Crippen molar-refractivity contribution in [2.45, 2.75) is 18.9 Å². The Hall–Kier alpha value is -1.46. The van der Waals surface area contributed by atoms with Crippen molar-refractivity contribution in [2.75, 3.05) is 6.61 Å². The average molecular weight is 354 g/mol. The molecule has 0 saturated heterocycles.